The number of furan rings is 1. The molecular formula is C42H25N3O2. The molecule has 7 aromatic carbocycles. The molecule has 10 aromatic rings. The van der Waals surface area contributed by atoms with Gasteiger partial charge >= 0.3 is 0 Å². The minimum absolute atomic E-state index is 0.549. The van der Waals surface area contributed by atoms with E-state index in [0.717, 1.165) is 50.2 Å². The fourth-order valence-electron chi connectivity index (χ4n) is 6.95. The monoisotopic (exact) mass is 603 g/mol. The summed E-state index contributed by atoms with van der Waals surface area (Å²) in [5, 5.41) is 8.32. The van der Waals surface area contributed by atoms with Crippen LogP contribution in [0.4, 0.5) is 17.1 Å². The Morgan fingerprint density at radius 1 is 0.468 bits per heavy atom. The summed E-state index contributed by atoms with van der Waals surface area (Å²) < 4.78 is 12.6. The van der Waals surface area contributed by atoms with Crippen LogP contribution in [-0.2, 0) is 0 Å². The summed E-state index contributed by atoms with van der Waals surface area (Å²) in [5.74, 6) is 0.549. The van der Waals surface area contributed by atoms with Crippen LogP contribution in [-0.4, -0.2) is 9.97 Å². The highest BCUT2D eigenvalue weighted by Crippen LogP contribution is 2.41. The SMILES string of the molecule is c1ccc(N(c2ccc3c(ccc4c5ccccc5ccc34)c2)c2cnc3c(c2)oc2cccc(-c4nc5ccccc5o4)c23)cc1. The predicted molar refractivity (Wildman–Crippen MR) is 192 cm³/mol. The van der Waals surface area contributed by atoms with Gasteiger partial charge in [0.05, 0.1) is 22.8 Å². The van der Waals surface area contributed by atoms with E-state index in [-0.39, 0.29) is 0 Å². The summed E-state index contributed by atoms with van der Waals surface area (Å²) in [5.41, 5.74) is 7.59. The van der Waals surface area contributed by atoms with E-state index in [4.69, 9.17) is 18.8 Å². The number of fused-ring (bicyclic) bond motifs is 9. The second kappa shape index (κ2) is 10.0. The van der Waals surface area contributed by atoms with Crippen LogP contribution in [0.15, 0.2) is 161 Å². The smallest absolute Gasteiger partial charge is 0.228 e. The second-order valence-electron chi connectivity index (χ2n) is 11.8. The first-order valence-electron chi connectivity index (χ1n) is 15.7. The molecule has 3 heterocycles. The van der Waals surface area contributed by atoms with Crippen LogP contribution >= 0.6 is 0 Å². The molecule has 0 aliphatic heterocycles. The van der Waals surface area contributed by atoms with Gasteiger partial charge in [-0.3, -0.25) is 0 Å². The molecule has 0 saturated carbocycles. The Hall–Kier alpha value is -6.46. The van der Waals surface area contributed by atoms with E-state index < -0.39 is 0 Å². The molecule has 0 spiro atoms. The lowest BCUT2D eigenvalue weighted by atomic mass is 9.96. The van der Waals surface area contributed by atoms with Gasteiger partial charge in [0.2, 0.25) is 5.89 Å². The van der Waals surface area contributed by atoms with Crippen molar-refractivity contribution in [2.24, 2.45) is 0 Å². The molecule has 0 radical (unpaired) electrons. The summed E-state index contributed by atoms with van der Waals surface area (Å²) in [6, 6.07) is 50.4. The van der Waals surface area contributed by atoms with E-state index in [0.29, 0.717) is 11.5 Å². The molecule has 3 aromatic heterocycles. The Morgan fingerprint density at radius 2 is 1.21 bits per heavy atom. The fraction of sp³-hybridized carbons (Fsp3) is 0. The van der Waals surface area contributed by atoms with Crippen molar-refractivity contribution in [3.8, 4) is 11.5 Å². The molecule has 0 N–H and O–H groups in total. The molecule has 0 aliphatic rings. The maximum absolute atomic E-state index is 6.45. The zero-order valence-corrected chi connectivity index (χ0v) is 25.1. The minimum atomic E-state index is 0.549. The predicted octanol–water partition coefficient (Wildman–Crippen LogP) is 11.7. The molecule has 0 saturated heterocycles. The number of oxazole rings is 1. The lowest BCUT2D eigenvalue weighted by molar-refractivity contribution is 0.620. The van der Waals surface area contributed by atoms with E-state index in [1.807, 2.05) is 54.7 Å². The first-order valence-corrected chi connectivity index (χ1v) is 15.7. The van der Waals surface area contributed by atoms with Crippen molar-refractivity contribution >= 4 is 82.5 Å². The molecule has 10 rings (SSSR count). The van der Waals surface area contributed by atoms with Crippen LogP contribution < -0.4 is 4.90 Å². The van der Waals surface area contributed by atoms with Crippen LogP contribution in [0.25, 0.3) is 76.9 Å². The first-order chi connectivity index (χ1) is 23.3. The van der Waals surface area contributed by atoms with Gasteiger partial charge in [-0.1, -0.05) is 91.0 Å². The number of benzene rings is 7. The molecular weight excluding hydrogens is 578 g/mol. The summed E-state index contributed by atoms with van der Waals surface area (Å²) in [6.45, 7) is 0. The third kappa shape index (κ3) is 4.03. The van der Waals surface area contributed by atoms with Crippen LogP contribution in [0.1, 0.15) is 0 Å². The van der Waals surface area contributed by atoms with Crippen LogP contribution in [0.2, 0.25) is 0 Å². The van der Waals surface area contributed by atoms with E-state index in [1.54, 1.807) is 0 Å². The van der Waals surface area contributed by atoms with Gasteiger partial charge in [0, 0.05) is 17.4 Å². The van der Waals surface area contributed by atoms with E-state index in [1.165, 1.54) is 32.3 Å². The van der Waals surface area contributed by atoms with Crippen molar-refractivity contribution in [3.63, 3.8) is 0 Å². The summed E-state index contributed by atoms with van der Waals surface area (Å²) >= 11 is 0. The Bertz CT molecular complexity index is 2780. The lowest BCUT2D eigenvalue weighted by Gasteiger charge is -2.25. The highest BCUT2D eigenvalue weighted by Gasteiger charge is 2.20. The van der Waals surface area contributed by atoms with Gasteiger partial charge in [-0.2, -0.15) is 0 Å². The highest BCUT2D eigenvalue weighted by atomic mass is 16.3. The summed E-state index contributed by atoms with van der Waals surface area (Å²) in [4.78, 5) is 12.0. The third-order valence-electron chi connectivity index (χ3n) is 9.10. The molecule has 0 unspecified atom stereocenters. The van der Waals surface area contributed by atoms with Gasteiger partial charge in [-0.15, -0.1) is 0 Å². The Balaban J connectivity index is 1.13. The van der Waals surface area contributed by atoms with Crippen molar-refractivity contribution in [3.05, 3.63) is 152 Å². The molecule has 0 bridgehead atoms. The standard InChI is InChI=1S/C42H25N3O2/c1-2-10-28(11-3-1)45(29-19-22-32-27(23-29)18-21-33-31-12-5-4-9-26(31)17-20-34(32)33)30-24-39-41(43-25-30)40-35(13-8-16-38(40)46-39)42-44-36-14-6-7-15-37(36)47-42/h1-25H. The summed E-state index contributed by atoms with van der Waals surface area (Å²) in [7, 11) is 0. The van der Waals surface area contributed by atoms with Crippen molar-refractivity contribution in [2.45, 2.75) is 0 Å². The number of para-hydroxylation sites is 3. The Kier molecular flexibility index (Phi) is 5.51. The Labute approximate surface area is 268 Å². The number of nitrogens with zero attached hydrogens (tertiary/aromatic N) is 3. The van der Waals surface area contributed by atoms with Gasteiger partial charge in [0.1, 0.15) is 16.6 Å². The number of pyridine rings is 1. The number of hydrogen-bond donors (Lipinski definition) is 0. The molecule has 5 heteroatoms. The average molecular weight is 604 g/mol. The van der Waals surface area contributed by atoms with Gasteiger partial charge in [0.25, 0.3) is 0 Å². The topological polar surface area (TPSA) is 55.3 Å². The van der Waals surface area contributed by atoms with Crippen molar-refractivity contribution in [1.29, 1.82) is 0 Å². The number of rotatable bonds is 4. The van der Waals surface area contributed by atoms with Crippen molar-refractivity contribution in [2.75, 3.05) is 4.90 Å². The zero-order valence-electron chi connectivity index (χ0n) is 25.1. The molecule has 5 nitrogen and oxygen atoms in total. The second-order valence-corrected chi connectivity index (χ2v) is 11.8. The third-order valence-corrected chi connectivity index (χ3v) is 9.10. The number of anilines is 3. The zero-order chi connectivity index (χ0) is 30.9. The van der Waals surface area contributed by atoms with Crippen molar-refractivity contribution < 1.29 is 8.83 Å². The van der Waals surface area contributed by atoms with E-state index in [9.17, 15) is 0 Å². The molecule has 0 atom stereocenters. The molecule has 0 amide bonds. The quantitative estimate of drug-likeness (QED) is 0.187. The maximum Gasteiger partial charge on any atom is 0.228 e. The lowest BCUT2D eigenvalue weighted by Crippen LogP contribution is -2.10. The fourth-order valence-corrected chi connectivity index (χ4v) is 6.95. The van der Waals surface area contributed by atoms with Gasteiger partial charge in [0.15, 0.2) is 11.2 Å². The van der Waals surface area contributed by atoms with Crippen molar-refractivity contribution in [1.82, 2.24) is 9.97 Å². The normalized spacial score (nSPS) is 11.8. The molecule has 0 fully saturated rings. The maximum atomic E-state index is 6.45. The highest BCUT2D eigenvalue weighted by molar-refractivity contribution is 6.17. The molecule has 0 aliphatic carbocycles. The number of hydrogen-bond acceptors (Lipinski definition) is 5. The minimum Gasteiger partial charge on any atom is -0.454 e. The first kappa shape index (κ1) is 25.8. The van der Waals surface area contributed by atoms with E-state index >= 15 is 0 Å². The van der Waals surface area contributed by atoms with Crippen LogP contribution in [0.5, 0.6) is 0 Å². The van der Waals surface area contributed by atoms with Gasteiger partial charge in [-0.25, -0.2) is 9.97 Å². The Morgan fingerprint density at radius 3 is 2.11 bits per heavy atom. The van der Waals surface area contributed by atoms with Gasteiger partial charge < -0.3 is 13.7 Å². The average Bonchev–Trinajstić information content (AvgIpc) is 3.73. The van der Waals surface area contributed by atoms with E-state index in [2.05, 4.69) is 102 Å². The van der Waals surface area contributed by atoms with Gasteiger partial charge in [-0.05, 0) is 80.8 Å². The van der Waals surface area contributed by atoms with Crippen LogP contribution in [0.3, 0.4) is 0 Å². The van der Waals surface area contributed by atoms with Crippen LogP contribution in [0, 0.1) is 0 Å². The molecule has 47 heavy (non-hydrogen) atoms. The number of aromatic nitrogens is 2. The molecule has 220 valence electrons. The summed E-state index contributed by atoms with van der Waals surface area (Å²) in [6.07, 6.45) is 1.92. The largest absolute Gasteiger partial charge is 0.454 e.